The number of aryl methyl sites for hydroxylation is 1. The van der Waals surface area contributed by atoms with Crippen molar-refractivity contribution in [2.24, 2.45) is 5.73 Å². The maximum atomic E-state index is 13.6. The van der Waals surface area contributed by atoms with E-state index in [0.717, 1.165) is 15.7 Å². The smallest absolute Gasteiger partial charge is 0.126 e. The third-order valence-corrected chi connectivity index (χ3v) is 3.30. The quantitative estimate of drug-likeness (QED) is 0.942. The molecule has 0 aliphatic rings. The van der Waals surface area contributed by atoms with E-state index in [1.54, 1.807) is 18.3 Å². The fraction of sp³-hybridized carbons (Fsp3) is 0.214. The van der Waals surface area contributed by atoms with Crippen LogP contribution in [0.4, 0.5) is 4.39 Å². The summed E-state index contributed by atoms with van der Waals surface area (Å²) >= 11 is 3.33. The number of nitrogens with two attached hydrogens (primary N) is 1. The van der Waals surface area contributed by atoms with Gasteiger partial charge in [0.2, 0.25) is 0 Å². The van der Waals surface area contributed by atoms with Crippen LogP contribution < -0.4 is 5.73 Å². The van der Waals surface area contributed by atoms with E-state index in [4.69, 9.17) is 5.73 Å². The Bertz CT molecular complexity index is 540. The Balaban J connectivity index is 2.18. The molecule has 2 rings (SSSR count). The van der Waals surface area contributed by atoms with Gasteiger partial charge in [0.1, 0.15) is 5.82 Å². The van der Waals surface area contributed by atoms with E-state index in [9.17, 15) is 4.39 Å². The van der Waals surface area contributed by atoms with Crippen LogP contribution in [0.3, 0.4) is 0 Å². The molecule has 1 atom stereocenters. The third kappa shape index (κ3) is 3.15. The monoisotopic (exact) mass is 308 g/mol. The van der Waals surface area contributed by atoms with Gasteiger partial charge < -0.3 is 5.73 Å². The van der Waals surface area contributed by atoms with Gasteiger partial charge in [-0.3, -0.25) is 4.98 Å². The van der Waals surface area contributed by atoms with Gasteiger partial charge in [-0.05, 0) is 48.7 Å². The summed E-state index contributed by atoms with van der Waals surface area (Å²) < 4.78 is 14.5. The summed E-state index contributed by atoms with van der Waals surface area (Å²) in [7, 11) is 0. The van der Waals surface area contributed by atoms with Crippen molar-refractivity contribution in [1.29, 1.82) is 0 Å². The van der Waals surface area contributed by atoms with Gasteiger partial charge in [-0.15, -0.1) is 0 Å². The average Bonchev–Trinajstić information content (AvgIpc) is 2.34. The Kier molecular flexibility index (Phi) is 4.09. The van der Waals surface area contributed by atoms with Crippen molar-refractivity contribution in [3.63, 3.8) is 0 Å². The Labute approximate surface area is 114 Å². The van der Waals surface area contributed by atoms with Crippen molar-refractivity contribution in [3.8, 4) is 0 Å². The van der Waals surface area contributed by atoms with Crippen LogP contribution in [0, 0.1) is 12.7 Å². The number of aromatic nitrogens is 1. The van der Waals surface area contributed by atoms with Crippen LogP contribution in [-0.4, -0.2) is 4.98 Å². The second kappa shape index (κ2) is 5.59. The van der Waals surface area contributed by atoms with Crippen LogP contribution in [0.5, 0.6) is 0 Å². The predicted molar refractivity (Wildman–Crippen MR) is 73.7 cm³/mol. The van der Waals surface area contributed by atoms with Crippen molar-refractivity contribution >= 4 is 15.9 Å². The normalized spacial score (nSPS) is 12.4. The van der Waals surface area contributed by atoms with Gasteiger partial charge in [0.05, 0.1) is 0 Å². The first-order chi connectivity index (χ1) is 8.56. The predicted octanol–water partition coefficient (Wildman–Crippen LogP) is 3.53. The Morgan fingerprint density at radius 3 is 2.78 bits per heavy atom. The zero-order valence-electron chi connectivity index (χ0n) is 10.0. The minimum atomic E-state index is -0.248. The standard InChI is InChI=1S/C14H14BrFN2/c1-9-2-3-10(8-18-9)14(17)7-11-6-12(15)4-5-13(11)16/h2-6,8,14H,7,17H2,1H3. The molecule has 0 bridgehead atoms. The molecule has 1 aromatic heterocycles. The van der Waals surface area contributed by atoms with Gasteiger partial charge in [0.15, 0.2) is 0 Å². The molecule has 2 nitrogen and oxygen atoms in total. The van der Waals surface area contributed by atoms with Crippen LogP contribution in [0.2, 0.25) is 0 Å². The number of hydrogen-bond donors (Lipinski definition) is 1. The van der Waals surface area contributed by atoms with Gasteiger partial charge in [-0.2, -0.15) is 0 Å². The van der Waals surface area contributed by atoms with Crippen molar-refractivity contribution < 1.29 is 4.39 Å². The molecule has 18 heavy (non-hydrogen) atoms. The van der Waals surface area contributed by atoms with Crippen LogP contribution in [-0.2, 0) is 6.42 Å². The fourth-order valence-electron chi connectivity index (χ4n) is 1.75. The molecule has 0 saturated carbocycles. The molecular formula is C14H14BrFN2. The minimum Gasteiger partial charge on any atom is -0.324 e. The van der Waals surface area contributed by atoms with E-state index in [2.05, 4.69) is 20.9 Å². The molecule has 0 radical (unpaired) electrons. The molecule has 94 valence electrons. The average molecular weight is 309 g/mol. The second-order valence-electron chi connectivity index (χ2n) is 4.28. The molecule has 0 saturated heterocycles. The second-order valence-corrected chi connectivity index (χ2v) is 5.19. The fourth-order valence-corrected chi connectivity index (χ4v) is 2.16. The summed E-state index contributed by atoms with van der Waals surface area (Å²) in [4.78, 5) is 4.20. The van der Waals surface area contributed by atoms with Crippen molar-refractivity contribution in [3.05, 3.63) is 63.6 Å². The summed E-state index contributed by atoms with van der Waals surface area (Å²) in [6.45, 7) is 1.92. The van der Waals surface area contributed by atoms with Crippen LogP contribution >= 0.6 is 15.9 Å². The molecule has 0 aliphatic heterocycles. The molecular weight excluding hydrogens is 295 g/mol. The first-order valence-electron chi connectivity index (χ1n) is 5.68. The first-order valence-corrected chi connectivity index (χ1v) is 6.47. The van der Waals surface area contributed by atoms with E-state index >= 15 is 0 Å². The lowest BCUT2D eigenvalue weighted by Gasteiger charge is -2.12. The SMILES string of the molecule is Cc1ccc(C(N)Cc2cc(Br)ccc2F)cn1. The van der Waals surface area contributed by atoms with E-state index in [1.807, 2.05) is 19.1 Å². The molecule has 0 spiro atoms. The summed E-state index contributed by atoms with van der Waals surface area (Å²) in [6.07, 6.45) is 2.20. The lowest BCUT2D eigenvalue weighted by molar-refractivity contribution is 0.592. The van der Waals surface area contributed by atoms with Crippen LogP contribution in [0.1, 0.15) is 22.9 Å². The van der Waals surface area contributed by atoms with E-state index < -0.39 is 0 Å². The van der Waals surface area contributed by atoms with Gasteiger partial charge in [-0.1, -0.05) is 22.0 Å². The summed E-state index contributed by atoms with van der Waals surface area (Å²) in [5.74, 6) is -0.228. The first kappa shape index (κ1) is 13.2. The highest BCUT2D eigenvalue weighted by molar-refractivity contribution is 9.10. The van der Waals surface area contributed by atoms with Crippen molar-refractivity contribution in [2.45, 2.75) is 19.4 Å². The number of nitrogens with zero attached hydrogens (tertiary/aromatic N) is 1. The summed E-state index contributed by atoms with van der Waals surface area (Å²) in [5.41, 5.74) is 8.54. The van der Waals surface area contributed by atoms with Gasteiger partial charge in [0, 0.05) is 22.4 Å². The largest absolute Gasteiger partial charge is 0.324 e. The highest BCUT2D eigenvalue weighted by Gasteiger charge is 2.11. The Morgan fingerprint density at radius 1 is 1.33 bits per heavy atom. The third-order valence-electron chi connectivity index (χ3n) is 2.81. The topological polar surface area (TPSA) is 38.9 Å². The molecule has 1 aromatic carbocycles. The lowest BCUT2D eigenvalue weighted by atomic mass is 10.0. The molecule has 0 aliphatic carbocycles. The maximum absolute atomic E-state index is 13.6. The summed E-state index contributed by atoms with van der Waals surface area (Å²) in [5, 5.41) is 0. The molecule has 1 heterocycles. The lowest BCUT2D eigenvalue weighted by Crippen LogP contribution is -2.14. The molecule has 4 heteroatoms. The van der Waals surface area contributed by atoms with Crippen molar-refractivity contribution in [1.82, 2.24) is 4.98 Å². The van der Waals surface area contributed by atoms with Crippen molar-refractivity contribution in [2.75, 3.05) is 0 Å². The molecule has 2 N–H and O–H groups in total. The Morgan fingerprint density at radius 2 is 2.11 bits per heavy atom. The van der Waals surface area contributed by atoms with Crippen LogP contribution in [0.15, 0.2) is 41.0 Å². The number of hydrogen-bond acceptors (Lipinski definition) is 2. The van der Waals surface area contributed by atoms with Gasteiger partial charge >= 0.3 is 0 Å². The molecule has 1 unspecified atom stereocenters. The maximum Gasteiger partial charge on any atom is 0.126 e. The number of halogens is 2. The highest BCUT2D eigenvalue weighted by Crippen LogP contribution is 2.21. The van der Waals surface area contributed by atoms with E-state index in [-0.39, 0.29) is 11.9 Å². The highest BCUT2D eigenvalue weighted by atomic mass is 79.9. The summed E-state index contributed by atoms with van der Waals surface area (Å²) in [6, 6.07) is 8.48. The number of pyridine rings is 1. The van der Waals surface area contributed by atoms with E-state index in [1.165, 1.54) is 6.07 Å². The van der Waals surface area contributed by atoms with Crippen LogP contribution in [0.25, 0.3) is 0 Å². The van der Waals surface area contributed by atoms with Gasteiger partial charge in [0.25, 0.3) is 0 Å². The minimum absolute atomic E-state index is 0.228. The zero-order chi connectivity index (χ0) is 13.1. The number of rotatable bonds is 3. The van der Waals surface area contributed by atoms with E-state index in [0.29, 0.717) is 12.0 Å². The van der Waals surface area contributed by atoms with Gasteiger partial charge in [-0.25, -0.2) is 4.39 Å². The molecule has 0 amide bonds. The molecule has 2 aromatic rings. The Hall–Kier alpha value is -1.26. The molecule has 0 fully saturated rings. The zero-order valence-corrected chi connectivity index (χ0v) is 11.6. The number of benzene rings is 1.